The minimum Gasteiger partial charge on any atom is -0.489 e. The van der Waals surface area contributed by atoms with Gasteiger partial charge in [-0.2, -0.15) is 0 Å². The first kappa shape index (κ1) is 22.0. The van der Waals surface area contributed by atoms with Crippen LogP contribution >= 0.6 is 0 Å². The van der Waals surface area contributed by atoms with E-state index in [2.05, 4.69) is 9.97 Å². The van der Waals surface area contributed by atoms with Gasteiger partial charge in [-0.25, -0.2) is 4.98 Å². The molecule has 1 heterocycles. The first-order chi connectivity index (χ1) is 16.1. The molecule has 1 amide bonds. The van der Waals surface area contributed by atoms with Crippen molar-refractivity contribution in [1.29, 1.82) is 0 Å². The number of H-pyrrole nitrogens is 1. The monoisotopic (exact) mass is 439 g/mol. The number of aromatic nitrogens is 2. The molecular weight excluding hydrogens is 414 g/mol. The fourth-order valence-electron chi connectivity index (χ4n) is 3.43. The zero-order chi connectivity index (χ0) is 23.0. The van der Waals surface area contributed by atoms with E-state index < -0.39 is 0 Å². The summed E-state index contributed by atoms with van der Waals surface area (Å²) in [6.45, 7) is 3.12. The fraction of sp³-hybridized carbons (Fsp3) is 0.148. The van der Waals surface area contributed by atoms with Crippen molar-refractivity contribution in [2.24, 2.45) is 0 Å². The van der Waals surface area contributed by atoms with Gasteiger partial charge in [0.2, 0.25) is 5.91 Å². The highest BCUT2D eigenvalue weighted by molar-refractivity contribution is 5.91. The molecule has 33 heavy (non-hydrogen) atoms. The van der Waals surface area contributed by atoms with E-state index >= 15 is 0 Å². The molecule has 6 heteroatoms. The first-order valence-electron chi connectivity index (χ1n) is 10.8. The van der Waals surface area contributed by atoms with Crippen molar-refractivity contribution in [2.45, 2.75) is 20.1 Å². The molecule has 0 bridgehead atoms. The van der Waals surface area contributed by atoms with Gasteiger partial charge >= 0.3 is 0 Å². The summed E-state index contributed by atoms with van der Waals surface area (Å²) in [5.74, 6) is 1.07. The molecule has 4 rings (SSSR count). The minimum absolute atomic E-state index is 0.155. The molecule has 6 nitrogen and oxygen atoms in total. The SMILES string of the molecule is CCN(Cc1nc2ccccc2c(=O)[nH]1)C(=O)C=Cc1ccc(OCc2ccccc2)cc1. The molecule has 0 unspecified atom stereocenters. The number of para-hydroxylation sites is 1. The van der Waals surface area contributed by atoms with E-state index in [4.69, 9.17) is 4.74 Å². The van der Waals surface area contributed by atoms with E-state index in [1.54, 1.807) is 29.2 Å². The summed E-state index contributed by atoms with van der Waals surface area (Å²) in [5.41, 5.74) is 2.41. The Hall–Kier alpha value is -4.19. The van der Waals surface area contributed by atoms with E-state index in [0.29, 0.717) is 29.9 Å². The number of aromatic amines is 1. The van der Waals surface area contributed by atoms with Crippen LogP contribution in [-0.2, 0) is 17.9 Å². The number of carbonyl (C=O) groups is 1. The lowest BCUT2D eigenvalue weighted by molar-refractivity contribution is -0.126. The van der Waals surface area contributed by atoms with E-state index in [0.717, 1.165) is 16.9 Å². The Labute approximate surface area is 192 Å². The molecule has 0 fully saturated rings. The number of fused-ring (bicyclic) bond motifs is 1. The number of hydrogen-bond acceptors (Lipinski definition) is 4. The van der Waals surface area contributed by atoms with Crippen molar-refractivity contribution in [3.8, 4) is 5.75 Å². The second kappa shape index (κ2) is 10.4. The van der Waals surface area contributed by atoms with E-state index in [1.807, 2.05) is 67.6 Å². The summed E-state index contributed by atoms with van der Waals surface area (Å²) in [7, 11) is 0. The standard InChI is InChI=1S/C27H25N3O3/c1-2-30(18-25-28-24-11-7-6-10-23(24)27(32)29-25)26(31)17-14-20-12-15-22(16-13-20)33-19-21-8-4-3-5-9-21/h3-17H,2,18-19H2,1H3,(H,28,29,32). The molecule has 166 valence electrons. The van der Waals surface area contributed by atoms with E-state index in [-0.39, 0.29) is 18.0 Å². The Bertz CT molecular complexity index is 1310. The molecular formula is C27H25N3O3. The first-order valence-corrected chi connectivity index (χ1v) is 10.8. The number of benzene rings is 3. The van der Waals surface area contributed by atoms with Crippen LogP contribution in [0, 0.1) is 0 Å². The molecule has 0 aliphatic carbocycles. The molecule has 0 aliphatic heterocycles. The number of nitrogens with one attached hydrogen (secondary N) is 1. The predicted octanol–water partition coefficient (Wildman–Crippen LogP) is 4.56. The Balaban J connectivity index is 1.38. The third-order valence-corrected chi connectivity index (χ3v) is 5.24. The summed E-state index contributed by atoms with van der Waals surface area (Å²) >= 11 is 0. The van der Waals surface area contributed by atoms with Gasteiger partial charge in [0, 0.05) is 12.6 Å². The van der Waals surface area contributed by atoms with Crippen LogP contribution in [-0.4, -0.2) is 27.3 Å². The van der Waals surface area contributed by atoms with Crippen molar-refractivity contribution in [1.82, 2.24) is 14.9 Å². The Morgan fingerprint density at radius 3 is 2.48 bits per heavy atom. The van der Waals surface area contributed by atoms with Gasteiger partial charge in [0.1, 0.15) is 18.2 Å². The Morgan fingerprint density at radius 1 is 1.00 bits per heavy atom. The molecule has 0 aliphatic rings. The van der Waals surface area contributed by atoms with Gasteiger partial charge in [-0.1, -0.05) is 54.6 Å². The fourth-order valence-corrected chi connectivity index (χ4v) is 3.43. The topological polar surface area (TPSA) is 75.3 Å². The van der Waals surface area contributed by atoms with Gasteiger partial charge in [-0.05, 0) is 48.4 Å². The van der Waals surface area contributed by atoms with Crippen LogP contribution in [0.25, 0.3) is 17.0 Å². The van der Waals surface area contributed by atoms with Crippen molar-refractivity contribution in [2.75, 3.05) is 6.54 Å². The van der Waals surface area contributed by atoms with Gasteiger partial charge in [0.15, 0.2) is 0 Å². The van der Waals surface area contributed by atoms with Crippen molar-refractivity contribution >= 4 is 22.9 Å². The van der Waals surface area contributed by atoms with Gasteiger partial charge in [0.05, 0.1) is 17.4 Å². The number of likely N-dealkylation sites (N-methyl/N-ethyl adjacent to an activating group) is 1. The number of hydrogen-bond donors (Lipinski definition) is 1. The highest BCUT2D eigenvalue weighted by Gasteiger charge is 2.12. The lowest BCUT2D eigenvalue weighted by Gasteiger charge is -2.18. The maximum Gasteiger partial charge on any atom is 0.258 e. The third-order valence-electron chi connectivity index (χ3n) is 5.24. The molecule has 3 aromatic carbocycles. The van der Waals surface area contributed by atoms with Gasteiger partial charge in [-0.15, -0.1) is 0 Å². The van der Waals surface area contributed by atoms with Gasteiger partial charge in [0.25, 0.3) is 5.56 Å². The average Bonchev–Trinajstić information content (AvgIpc) is 2.86. The molecule has 0 radical (unpaired) electrons. The summed E-state index contributed by atoms with van der Waals surface area (Å²) in [5, 5.41) is 0.534. The number of ether oxygens (including phenoxy) is 1. The zero-order valence-electron chi connectivity index (χ0n) is 18.4. The van der Waals surface area contributed by atoms with Gasteiger partial charge < -0.3 is 14.6 Å². The lowest BCUT2D eigenvalue weighted by atomic mass is 10.2. The molecule has 0 saturated heterocycles. The third kappa shape index (κ3) is 5.74. The van der Waals surface area contributed by atoms with Crippen molar-refractivity contribution in [3.63, 3.8) is 0 Å². The summed E-state index contributed by atoms with van der Waals surface area (Å²) < 4.78 is 5.80. The summed E-state index contributed by atoms with van der Waals surface area (Å²) in [4.78, 5) is 33.9. The van der Waals surface area contributed by atoms with Crippen LogP contribution in [0.2, 0.25) is 0 Å². The number of rotatable bonds is 8. The van der Waals surface area contributed by atoms with Crippen LogP contribution in [0.3, 0.4) is 0 Å². The molecule has 0 spiro atoms. The lowest BCUT2D eigenvalue weighted by Crippen LogP contribution is -2.30. The minimum atomic E-state index is -0.204. The normalized spacial score (nSPS) is 11.1. The Morgan fingerprint density at radius 2 is 1.73 bits per heavy atom. The zero-order valence-corrected chi connectivity index (χ0v) is 18.4. The van der Waals surface area contributed by atoms with Crippen LogP contribution in [0.4, 0.5) is 0 Å². The molecule has 0 saturated carbocycles. The second-order valence-electron chi connectivity index (χ2n) is 7.56. The smallest absolute Gasteiger partial charge is 0.258 e. The molecule has 0 atom stereocenters. The predicted molar refractivity (Wildman–Crippen MR) is 130 cm³/mol. The van der Waals surface area contributed by atoms with Crippen LogP contribution < -0.4 is 10.3 Å². The Kier molecular flexibility index (Phi) is 6.95. The average molecular weight is 440 g/mol. The number of nitrogens with zero attached hydrogens (tertiary/aromatic N) is 2. The maximum atomic E-state index is 12.7. The van der Waals surface area contributed by atoms with E-state index in [1.165, 1.54) is 6.08 Å². The van der Waals surface area contributed by atoms with Crippen LogP contribution in [0.5, 0.6) is 5.75 Å². The number of amides is 1. The van der Waals surface area contributed by atoms with Crippen molar-refractivity contribution < 1.29 is 9.53 Å². The summed E-state index contributed by atoms with van der Waals surface area (Å²) in [6, 6.07) is 24.7. The largest absolute Gasteiger partial charge is 0.489 e. The highest BCUT2D eigenvalue weighted by Crippen LogP contribution is 2.15. The van der Waals surface area contributed by atoms with Crippen molar-refractivity contribution in [3.05, 3.63) is 112 Å². The molecule has 1 aromatic heterocycles. The quantitative estimate of drug-likeness (QED) is 0.408. The molecule has 1 N–H and O–H groups in total. The summed E-state index contributed by atoms with van der Waals surface area (Å²) in [6.07, 6.45) is 3.30. The number of carbonyl (C=O) groups excluding carboxylic acids is 1. The maximum absolute atomic E-state index is 12.7. The van der Waals surface area contributed by atoms with Gasteiger partial charge in [-0.3, -0.25) is 9.59 Å². The molecule has 4 aromatic rings. The van der Waals surface area contributed by atoms with Crippen LogP contribution in [0.15, 0.2) is 89.7 Å². The van der Waals surface area contributed by atoms with Crippen LogP contribution in [0.1, 0.15) is 23.9 Å². The van der Waals surface area contributed by atoms with E-state index in [9.17, 15) is 9.59 Å². The second-order valence-corrected chi connectivity index (χ2v) is 7.56. The highest BCUT2D eigenvalue weighted by atomic mass is 16.5.